The number of morpholine rings is 1. The highest BCUT2D eigenvalue weighted by molar-refractivity contribution is 7.12. The number of halogens is 1. The van der Waals surface area contributed by atoms with Crippen LogP contribution in [0.3, 0.4) is 0 Å². The Morgan fingerprint density at radius 2 is 2.04 bits per heavy atom. The number of aryl methyl sites for hydroxylation is 1. The lowest BCUT2D eigenvalue weighted by Crippen LogP contribution is -2.40. The van der Waals surface area contributed by atoms with Crippen molar-refractivity contribution in [3.63, 3.8) is 0 Å². The zero-order valence-corrected chi connectivity index (χ0v) is 17.2. The molecule has 2 aromatic heterocycles. The van der Waals surface area contributed by atoms with Gasteiger partial charge in [0.2, 0.25) is 0 Å². The summed E-state index contributed by atoms with van der Waals surface area (Å²) >= 11 is 1.71. The van der Waals surface area contributed by atoms with Gasteiger partial charge in [-0.2, -0.15) is 0 Å². The van der Waals surface area contributed by atoms with Crippen molar-refractivity contribution in [3.05, 3.63) is 46.0 Å². The number of ether oxygens (including phenoxy) is 1. The third-order valence-electron chi connectivity index (χ3n) is 4.18. The minimum Gasteiger partial charge on any atom is -0.465 e. The molecule has 0 bridgehead atoms. The van der Waals surface area contributed by atoms with Gasteiger partial charge in [-0.3, -0.25) is 9.89 Å². The Balaban J connectivity index is 0.00000243. The van der Waals surface area contributed by atoms with E-state index in [1.165, 1.54) is 4.88 Å². The SMILES string of the molecule is Cc1ccc(C(CN=C(NC(C)C)c2cccs2)N2CCOCC2)o1.Cl. The van der Waals surface area contributed by atoms with E-state index in [4.69, 9.17) is 14.1 Å². The van der Waals surface area contributed by atoms with Gasteiger partial charge in [0.05, 0.1) is 30.7 Å². The monoisotopic (exact) mass is 397 g/mol. The van der Waals surface area contributed by atoms with E-state index in [1.54, 1.807) is 11.3 Å². The molecule has 1 unspecified atom stereocenters. The van der Waals surface area contributed by atoms with Crippen molar-refractivity contribution in [2.45, 2.75) is 32.9 Å². The molecule has 0 amide bonds. The second kappa shape index (κ2) is 10.1. The first-order chi connectivity index (χ1) is 12.1. The second-order valence-corrected chi connectivity index (χ2v) is 7.53. The van der Waals surface area contributed by atoms with Crippen molar-refractivity contribution >= 4 is 29.6 Å². The Morgan fingerprint density at radius 1 is 1.27 bits per heavy atom. The summed E-state index contributed by atoms with van der Waals surface area (Å²) in [6.07, 6.45) is 0. The van der Waals surface area contributed by atoms with Crippen LogP contribution < -0.4 is 5.32 Å². The largest absolute Gasteiger partial charge is 0.465 e. The van der Waals surface area contributed by atoms with Gasteiger partial charge >= 0.3 is 0 Å². The van der Waals surface area contributed by atoms with Crippen LogP contribution in [0, 0.1) is 6.92 Å². The molecule has 7 heteroatoms. The van der Waals surface area contributed by atoms with E-state index in [-0.39, 0.29) is 18.4 Å². The topological polar surface area (TPSA) is 50.0 Å². The van der Waals surface area contributed by atoms with Crippen LogP contribution in [-0.4, -0.2) is 49.6 Å². The average Bonchev–Trinajstić information content (AvgIpc) is 3.27. The standard InChI is InChI=1S/C19H27N3O2S.ClH/c1-14(2)21-19(18-5-4-12-25-18)20-13-16(17-7-6-15(3)24-17)22-8-10-23-11-9-22;/h4-7,12,14,16H,8-11,13H2,1-3H3,(H,20,21);1H. The lowest BCUT2D eigenvalue weighted by Gasteiger charge is -2.32. The molecule has 1 N–H and O–H groups in total. The summed E-state index contributed by atoms with van der Waals surface area (Å²) in [5.74, 6) is 2.89. The Labute approximate surface area is 165 Å². The molecule has 2 aromatic rings. The number of amidine groups is 1. The molecule has 1 atom stereocenters. The molecular weight excluding hydrogens is 370 g/mol. The molecule has 1 aliphatic rings. The third-order valence-corrected chi connectivity index (χ3v) is 5.05. The number of furan rings is 1. The molecule has 1 fully saturated rings. The summed E-state index contributed by atoms with van der Waals surface area (Å²) in [4.78, 5) is 8.52. The quantitative estimate of drug-likeness (QED) is 0.593. The summed E-state index contributed by atoms with van der Waals surface area (Å²) in [6.45, 7) is 10.3. The van der Waals surface area contributed by atoms with Crippen molar-refractivity contribution in [1.29, 1.82) is 0 Å². The van der Waals surface area contributed by atoms with E-state index in [2.05, 4.69) is 47.6 Å². The molecule has 3 rings (SSSR count). The number of thiophene rings is 1. The van der Waals surface area contributed by atoms with Gasteiger partial charge in [0.15, 0.2) is 0 Å². The number of hydrogen-bond donors (Lipinski definition) is 1. The second-order valence-electron chi connectivity index (χ2n) is 6.58. The van der Waals surface area contributed by atoms with E-state index in [9.17, 15) is 0 Å². The highest BCUT2D eigenvalue weighted by atomic mass is 35.5. The lowest BCUT2D eigenvalue weighted by molar-refractivity contribution is 0.0135. The first-order valence-electron chi connectivity index (χ1n) is 8.86. The molecule has 0 aromatic carbocycles. The summed E-state index contributed by atoms with van der Waals surface area (Å²) in [7, 11) is 0. The smallest absolute Gasteiger partial charge is 0.138 e. The van der Waals surface area contributed by atoms with Crippen LogP contribution in [0.1, 0.15) is 36.3 Å². The van der Waals surface area contributed by atoms with Crippen LogP contribution in [0.5, 0.6) is 0 Å². The van der Waals surface area contributed by atoms with Gasteiger partial charge in [-0.05, 0) is 44.4 Å². The predicted octanol–water partition coefficient (Wildman–Crippen LogP) is 3.89. The van der Waals surface area contributed by atoms with Crippen LogP contribution in [-0.2, 0) is 4.74 Å². The van der Waals surface area contributed by atoms with E-state index >= 15 is 0 Å². The maximum atomic E-state index is 5.93. The number of rotatable bonds is 6. The molecular formula is C19H28ClN3O2S. The van der Waals surface area contributed by atoms with Gasteiger partial charge in [0.1, 0.15) is 17.4 Å². The molecule has 26 heavy (non-hydrogen) atoms. The number of nitrogens with one attached hydrogen (secondary N) is 1. The maximum Gasteiger partial charge on any atom is 0.138 e. The van der Waals surface area contributed by atoms with Crippen LogP contribution in [0.2, 0.25) is 0 Å². The fourth-order valence-corrected chi connectivity index (χ4v) is 3.66. The summed E-state index contributed by atoms with van der Waals surface area (Å²) < 4.78 is 11.4. The Bertz CT molecular complexity index is 679. The highest BCUT2D eigenvalue weighted by Crippen LogP contribution is 2.24. The van der Waals surface area contributed by atoms with Gasteiger partial charge < -0.3 is 14.5 Å². The minimum atomic E-state index is 0. The van der Waals surface area contributed by atoms with Crippen LogP contribution in [0.25, 0.3) is 0 Å². The fourth-order valence-electron chi connectivity index (χ4n) is 2.97. The van der Waals surface area contributed by atoms with Crippen molar-refractivity contribution < 1.29 is 9.15 Å². The first-order valence-corrected chi connectivity index (χ1v) is 9.74. The van der Waals surface area contributed by atoms with E-state index in [0.29, 0.717) is 12.6 Å². The highest BCUT2D eigenvalue weighted by Gasteiger charge is 2.25. The van der Waals surface area contributed by atoms with Crippen molar-refractivity contribution in [3.8, 4) is 0 Å². The molecule has 3 heterocycles. The minimum absolute atomic E-state index is 0. The normalized spacial score (nSPS) is 17.2. The summed E-state index contributed by atoms with van der Waals surface area (Å²) in [5.41, 5.74) is 0. The van der Waals surface area contributed by atoms with Gasteiger partial charge in [0, 0.05) is 19.1 Å². The molecule has 144 valence electrons. The summed E-state index contributed by atoms with van der Waals surface area (Å²) in [5, 5.41) is 5.57. The molecule has 0 saturated carbocycles. The van der Waals surface area contributed by atoms with Gasteiger partial charge in [-0.25, -0.2) is 0 Å². The van der Waals surface area contributed by atoms with Gasteiger partial charge in [-0.15, -0.1) is 23.7 Å². The van der Waals surface area contributed by atoms with Crippen LogP contribution >= 0.6 is 23.7 Å². The predicted molar refractivity (Wildman–Crippen MR) is 110 cm³/mol. The fraction of sp³-hybridized carbons (Fsp3) is 0.526. The zero-order valence-electron chi connectivity index (χ0n) is 15.6. The van der Waals surface area contributed by atoms with Crippen LogP contribution in [0.4, 0.5) is 0 Å². The first kappa shape index (κ1) is 21.0. The molecule has 5 nitrogen and oxygen atoms in total. The molecule has 0 spiro atoms. The Kier molecular flexibility index (Phi) is 8.15. The van der Waals surface area contributed by atoms with Gasteiger partial charge in [0.25, 0.3) is 0 Å². The van der Waals surface area contributed by atoms with Crippen molar-refractivity contribution in [1.82, 2.24) is 10.2 Å². The van der Waals surface area contributed by atoms with Crippen LogP contribution in [0.15, 0.2) is 39.1 Å². The summed E-state index contributed by atoms with van der Waals surface area (Å²) in [6, 6.07) is 8.76. The number of aliphatic imine (C=N–C) groups is 1. The Morgan fingerprint density at radius 3 is 2.62 bits per heavy atom. The number of nitrogens with zero attached hydrogens (tertiary/aromatic N) is 2. The molecule has 0 radical (unpaired) electrons. The average molecular weight is 398 g/mol. The van der Waals surface area contributed by atoms with Crippen molar-refractivity contribution in [2.24, 2.45) is 4.99 Å². The Hall–Kier alpha value is -1.34. The molecule has 0 aliphatic carbocycles. The van der Waals surface area contributed by atoms with Gasteiger partial charge in [-0.1, -0.05) is 6.07 Å². The van der Waals surface area contributed by atoms with Crippen molar-refractivity contribution in [2.75, 3.05) is 32.8 Å². The number of hydrogen-bond acceptors (Lipinski definition) is 5. The molecule has 1 aliphatic heterocycles. The molecule has 1 saturated heterocycles. The van der Waals surface area contributed by atoms with E-state index in [0.717, 1.165) is 43.7 Å². The zero-order chi connectivity index (χ0) is 17.6. The van der Waals surface area contributed by atoms with E-state index < -0.39 is 0 Å². The maximum absolute atomic E-state index is 5.93. The lowest BCUT2D eigenvalue weighted by atomic mass is 10.1. The third kappa shape index (κ3) is 5.58. The van der Waals surface area contributed by atoms with E-state index in [1.807, 2.05) is 13.0 Å².